The number of hydrogen-bond donors (Lipinski definition) is 1. The summed E-state index contributed by atoms with van der Waals surface area (Å²) in [6, 6.07) is 0. The van der Waals surface area contributed by atoms with Crippen molar-refractivity contribution >= 4 is 23.4 Å². The molecule has 1 fully saturated rings. The molecule has 1 aliphatic rings. The van der Waals surface area contributed by atoms with Gasteiger partial charge in [-0.1, -0.05) is 6.92 Å². The molecule has 3 heterocycles. The highest BCUT2D eigenvalue weighted by Gasteiger charge is 2.18. The number of imidazole rings is 1. The Labute approximate surface area is 130 Å². The number of likely N-dealkylation sites (tertiary alicyclic amines) is 1. The zero-order valence-electron chi connectivity index (χ0n) is 13.2. The van der Waals surface area contributed by atoms with Crippen LogP contribution in [0.1, 0.15) is 32.4 Å². The number of aromatic nitrogens is 4. The van der Waals surface area contributed by atoms with Crippen molar-refractivity contribution in [2.75, 3.05) is 19.6 Å². The Kier molecular flexibility index (Phi) is 4.17. The molecule has 3 rings (SSSR count). The topological polar surface area (TPSA) is 41.8 Å². The van der Waals surface area contributed by atoms with Gasteiger partial charge in [-0.05, 0) is 57.9 Å². The van der Waals surface area contributed by atoms with Crippen LogP contribution in [0.15, 0.2) is 0 Å². The summed E-state index contributed by atoms with van der Waals surface area (Å²) >= 11 is 5.53. The second-order valence-corrected chi connectivity index (χ2v) is 6.64. The van der Waals surface area contributed by atoms with Crippen molar-refractivity contribution in [1.29, 1.82) is 0 Å². The number of fused-ring (bicyclic) bond motifs is 1. The molecular formula is C15H25N5S. The highest BCUT2D eigenvalue weighted by atomic mass is 32.1. The number of H-pyrrole nitrogens is 1. The Morgan fingerprint density at radius 1 is 1.29 bits per heavy atom. The summed E-state index contributed by atoms with van der Waals surface area (Å²) in [5, 5.41) is 4.59. The first-order valence-electron chi connectivity index (χ1n) is 7.98. The minimum atomic E-state index is 0.592. The van der Waals surface area contributed by atoms with Crippen molar-refractivity contribution in [3.05, 3.63) is 10.5 Å². The summed E-state index contributed by atoms with van der Waals surface area (Å²) in [5.74, 6) is 0.592. The molecule has 2 aromatic rings. The minimum Gasteiger partial charge on any atom is -0.328 e. The van der Waals surface area contributed by atoms with Crippen molar-refractivity contribution < 1.29 is 0 Å². The van der Waals surface area contributed by atoms with Gasteiger partial charge in [0.25, 0.3) is 0 Å². The standard InChI is InChI=1S/C15H25N5S/c1-4-20-14-13(12(3)17-20)16-15(21)19(14)10-11(2)9-18-7-5-6-8-18/h11H,4-10H2,1-3H3,(H,16,21). The van der Waals surface area contributed by atoms with Crippen LogP contribution in [0.4, 0.5) is 0 Å². The SMILES string of the molecule is CCn1nc(C)c2[nH]c(=S)n(CC(C)CN3CCCC3)c21. The predicted octanol–water partition coefficient (Wildman–Crippen LogP) is 2.96. The third-order valence-electron chi connectivity index (χ3n) is 4.40. The maximum Gasteiger partial charge on any atom is 0.179 e. The lowest BCUT2D eigenvalue weighted by Crippen LogP contribution is -2.27. The van der Waals surface area contributed by atoms with Crippen molar-refractivity contribution in [2.24, 2.45) is 5.92 Å². The third-order valence-corrected chi connectivity index (χ3v) is 4.72. The number of nitrogens with one attached hydrogen (secondary N) is 1. The van der Waals surface area contributed by atoms with E-state index < -0.39 is 0 Å². The zero-order valence-corrected chi connectivity index (χ0v) is 14.0. The monoisotopic (exact) mass is 307 g/mol. The first kappa shape index (κ1) is 14.8. The van der Waals surface area contributed by atoms with Gasteiger partial charge in [-0.3, -0.25) is 0 Å². The number of rotatable bonds is 5. The molecule has 2 aromatic heterocycles. The smallest absolute Gasteiger partial charge is 0.179 e. The fourth-order valence-electron chi connectivity index (χ4n) is 3.43. The van der Waals surface area contributed by atoms with Crippen LogP contribution in [-0.2, 0) is 13.1 Å². The second-order valence-electron chi connectivity index (χ2n) is 6.25. The van der Waals surface area contributed by atoms with Crippen LogP contribution in [0.25, 0.3) is 11.2 Å². The van der Waals surface area contributed by atoms with Crippen molar-refractivity contribution in [2.45, 2.75) is 46.7 Å². The van der Waals surface area contributed by atoms with Crippen molar-refractivity contribution in [3.63, 3.8) is 0 Å². The van der Waals surface area contributed by atoms with Crippen LogP contribution in [-0.4, -0.2) is 43.9 Å². The van der Waals surface area contributed by atoms with E-state index in [0.29, 0.717) is 5.92 Å². The van der Waals surface area contributed by atoms with E-state index in [-0.39, 0.29) is 0 Å². The molecule has 1 aliphatic heterocycles. The van der Waals surface area contributed by atoms with Crippen LogP contribution < -0.4 is 0 Å². The molecule has 116 valence electrons. The lowest BCUT2D eigenvalue weighted by molar-refractivity contribution is 0.272. The summed E-state index contributed by atoms with van der Waals surface area (Å²) < 4.78 is 5.11. The normalized spacial score (nSPS) is 17.9. The van der Waals surface area contributed by atoms with Gasteiger partial charge in [0.1, 0.15) is 5.52 Å². The lowest BCUT2D eigenvalue weighted by Gasteiger charge is -2.20. The largest absolute Gasteiger partial charge is 0.328 e. The van der Waals surface area contributed by atoms with Crippen LogP contribution in [0.2, 0.25) is 0 Å². The molecule has 0 aromatic carbocycles. The van der Waals surface area contributed by atoms with Gasteiger partial charge in [-0.2, -0.15) is 5.10 Å². The molecule has 1 unspecified atom stereocenters. The summed E-state index contributed by atoms with van der Waals surface area (Å²) in [6.07, 6.45) is 2.70. The van der Waals surface area contributed by atoms with E-state index >= 15 is 0 Å². The molecule has 0 radical (unpaired) electrons. The van der Waals surface area contributed by atoms with Crippen LogP contribution >= 0.6 is 12.2 Å². The van der Waals surface area contributed by atoms with Gasteiger partial charge < -0.3 is 14.5 Å². The number of hydrogen-bond acceptors (Lipinski definition) is 3. The molecule has 0 saturated carbocycles. The van der Waals surface area contributed by atoms with E-state index in [0.717, 1.165) is 41.3 Å². The molecule has 0 spiro atoms. The molecule has 1 saturated heterocycles. The molecule has 1 atom stereocenters. The average molecular weight is 307 g/mol. The Balaban J connectivity index is 1.85. The zero-order chi connectivity index (χ0) is 15.0. The summed E-state index contributed by atoms with van der Waals surface area (Å²) in [4.78, 5) is 5.90. The quantitative estimate of drug-likeness (QED) is 0.864. The minimum absolute atomic E-state index is 0.592. The Morgan fingerprint density at radius 3 is 2.67 bits per heavy atom. The van der Waals surface area contributed by atoms with Gasteiger partial charge >= 0.3 is 0 Å². The number of aryl methyl sites for hydroxylation is 2. The van der Waals surface area contributed by atoms with Crippen LogP contribution in [0.3, 0.4) is 0 Å². The van der Waals surface area contributed by atoms with Crippen molar-refractivity contribution in [3.8, 4) is 0 Å². The number of aromatic amines is 1. The fraction of sp³-hybridized carbons (Fsp3) is 0.733. The summed E-state index contributed by atoms with van der Waals surface area (Å²) in [5.41, 5.74) is 3.27. The summed E-state index contributed by atoms with van der Waals surface area (Å²) in [6.45, 7) is 12.0. The van der Waals surface area contributed by atoms with Crippen LogP contribution in [0, 0.1) is 17.6 Å². The van der Waals surface area contributed by atoms with Gasteiger partial charge in [0.05, 0.1) is 5.69 Å². The van der Waals surface area contributed by atoms with E-state index in [1.54, 1.807) is 0 Å². The second kappa shape index (κ2) is 5.93. The van der Waals surface area contributed by atoms with E-state index in [9.17, 15) is 0 Å². The van der Waals surface area contributed by atoms with Crippen molar-refractivity contribution in [1.82, 2.24) is 24.2 Å². The third kappa shape index (κ3) is 2.79. The molecule has 0 bridgehead atoms. The fourth-order valence-corrected chi connectivity index (χ4v) is 3.69. The summed E-state index contributed by atoms with van der Waals surface area (Å²) in [7, 11) is 0. The maximum atomic E-state index is 5.53. The number of nitrogens with zero attached hydrogens (tertiary/aromatic N) is 4. The Hall–Kier alpha value is -1.14. The molecule has 6 heteroatoms. The predicted molar refractivity (Wildman–Crippen MR) is 88.2 cm³/mol. The molecule has 0 amide bonds. The van der Waals surface area contributed by atoms with Gasteiger partial charge in [-0.25, -0.2) is 4.68 Å². The molecule has 0 aliphatic carbocycles. The van der Waals surface area contributed by atoms with Crippen LogP contribution in [0.5, 0.6) is 0 Å². The van der Waals surface area contributed by atoms with Gasteiger partial charge in [-0.15, -0.1) is 0 Å². The van der Waals surface area contributed by atoms with Gasteiger partial charge in [0, 0.05) is 19.6 Å². The van der Waals surface area contributed by atoms with Gasteiger partial charge in [0.2, 0.25) is 0 Å². The lowest BCUT2D eigenvalue weighted by atomic mass is 10.1. The van der Waals surface area contributed by atoms with Gasteiger partial charge in [0.15, 0.2) is 10.4 Å². The van der Waals surface area contributed by atoms with E-state index in [1.165, 1.54) is 25.9 Å². The Bertz CT molecular complexity index is 674. The molecular weight excluding hydrogens is 282 g/mol. The molecule has 1 N–H and O–H groups in total. The highest BCUT2D eigenvalue weighted by molar-refractivity contribution is 7.71. The maximum absolute atomic E-state index is 5.53. The average Bonchev–Trinajstić information content (AvgIpc) is 3.12. The highest BCUT2D eigenvalue weighted by Crippen LogP contribution is 2.20. The van der Waals surface area contributed by atoms with E-state index in [4.69, 9.17) is 12.2 Å². The first-order chi connectivity index (χ1) is 10.1. The Morgan fingerprint density at radius 2 is 2.00 bits per heavy atom. The molecule has 21 heavy (non-hydrogen) atoms. The van der Waals surface area contributed by atoms with E-state index in [2.05, 4.69) is 38.1 Å². The first-order valence-corrected chi connectivity index (χ1v) is 8.39. The molecule has 5 nitrogen and oxygen atoms in total. The van der Waals surface area contributed by atoms with E-state index in [1.807, 2.05) is 6.92 Å².